The molecular weight excluding hydrogens is 244 g/mol. The van der Waals surface area contributed by atoms with E-state index in [1.807, 2.05) is 34.6 Å². The van der Waals surface area contributed by atoms with Crippen molar-refractivity contribution < 1.29 is 8.78 Å². The van der Waals surface area contributed by atoms with E-state index in [-0.39, 0.29) is 23.3 Å². The normalized spacial score (nSPS) is 18.5. The first-order valence-electron chi connectivity index (χ1n) is 7.05. The molecule has 2 rings (SSSR count). The fraction of sp³-hybridized carbons (Fsp3) is 0.688. The third kappa shape index (κ3) is 2.65. The van der Waals surface area contributed by atoms with Crippen LogP contribution in [0, 0.1) is 0 Å². The van der Waals surface area contributed by atoms with Gasteiger partial charge in [-0.3, -0.25) is 4.98 Å². The lowest BCUT2D eigenvalue weighted by Gasteiger charge is -2.31. The minimum absolute atomic E-state index is 0.0366. The summed E-state index contributed by atoms with van der Waals surface area (Å²) in [5.74, 6) is -2.52. The Morgan fingerprint density at radius 3 is 2.42 bits per heavy atom. The molecule has 0 atom stereocenters. The first kappa shape index (κ1) is 14.4. The molecule has 19 heavy (non-hydrogen) atoms. The molecule has 1 heterocycles. The summed E-state index contributed by atoms with van der Waals surface area (Å²) in [6.07, 6.45) is 1.24. The molecule has 1 aromatic rings. The summed E-state index contributed by atoms with van der Waals surface area (Å²) in [6, 6.07) is 1.63. The predicted octanol–water partition coefficient (Wildman–Crippen LogP) is 4.93. The molecule has 1 aromatic heterocycles. The molecule has 0 spiro atoms. The number of alkyl halides is 2. The monoisotopic (exact) mass is 267 g/mol. The second-order valence-corrected chi connectivity index (χ2v) is 6.88. The highest BCUT2D eigenvalue weighted by atomic mass is 19.3. The standard InChI is InChI=1S/C16H23F2N/c1-10(2)13-9-12-11(7-6-8-16(12,17)18)14(19-13)15(3,4)5/h9-10H,6-8H2,1-5H3. The summed E-state index contributed by atoms with van der Waals surface area (Å²) >= 11 is 0. The number of halogens is 2. The molecule has 0 saturated heterocycles. The van der Waals surface area contributed by atoms with Gasteiger partial charge in [-0.2, -0.15) is 0 Å². The summed E-state index contributed by atoms with van der Waals surface area (Å²) in [5, 5.41) is 0. The third-order valence-corrected chi connectivity index (χ3v) is 3.76. The molecule has 0 bridgehead atoms. The van der Waals surface area contributed by atoms with Gasteiger partial charge in [0.2, 0.25) is 0 Å². The van der Waals surface area contributed by atoms with Crippen LogP contribution in [0.25, 0.3) is 0 Å². The van der Waals surface area contributed by atoms with Crippen molar-refractivity contribution in [2.45, 2.75) is 71.1 Å². The molecular formula is C16H23F2N. The molecule has 1 nitrogen and oxygen atoms in total. The van der Waals surface area contributed by atoms with Gasteiger partial charge in [0.15, 0.2) is 0 Å². The van der Waals surface area contributed by atoms with Crippen molar-refractivity contribution in [2.24, 2.45) is 0 Å². The number of fused-ring (bicyclic) bond motifs is 1. The van der Waals surface area contributed by atoms with Crippen molar-refractivity contribution in [3.8, 4) is 0 Å². The zero-order valence-electron chi connectivity index (χ0n) is 12.5. The van der Waals surface area contributed by atoms with Crippen LogP contribution in [0.15, 0.2) is 6.07 Å². The average Bonchev–Trinajstić information content (AvgIpc) is 2.26. The zero-order valence-corrected chi connectivity index (χ0v) is 12.5. The number of hydrogen-bond acceptors (Lipinski definition) is 1. The maximum absolute atomic E-state index is 14.2. The number of pyridine rings is 1. The van der Waals surface area contributed by atoms with Gasteiger partial charge < -0.3 is 0 Å². The molecule has 0 unspecified atom stereocenters. The SMILES string of the molecule is CC(C)c1cc2c(c(C(C)(C)C)n1)CCCC2(F)F. The maximum Gasteiger partial charge on any atom is 0.273 e. The largest absolute Gasteiger partial charge is 0.273 e. The Labute approximate surface area is 114 Å². The van der Waals surface area contributed by atoms with E-state index in [0.717, 1.165) is 23.4 Å². The Bertz CT molecular complexity index is 467. The maximum atomic E-state index is 14.2. The molecule has 0 saturated carbocycles. The topological polar surface area (TPSA) is 12.9 Å². The van der Waals surface area contributed by atoms with Crippen molar-refractivity contribution in [1.29, 1.82) is 0 Å². The van der Waals surface area contributed by atoms with Crippen molar-refractivity contribution in [3.05, 3.63) is 28.6 Å². The van der Waals surface area contributed by atoms with Crippen molar-refractivity contribution >= 4 is 0 Å². The zero-order chi connectivity index (χ0) is 14.4. The summed E-state index contributed by atoms with van der Waals surface area (Å²) < 4.78 is 28.4. The lowest BCUT2D eigenvalue weighted by atomic mass is 9.79. The van der Waals surface area contributed by atoms with Crippen LogP contribution in [0.4, 0.5) is 8.78 Å². The van der Waals surface area contributed by atoms with Gasteiger partial charge in [-0.25, -0.2) is 8.78 Å². The molecule has 0 N–H and O–H groups in total. The number of hydrogen-bond donors (Lipinski definition) is 0. The van der Waals surface area contributed by atoms with E-state index in [0.29, 0.717) is 6.42 Å². The molecule has 0 fully saturated rings. The van der Waals surface area contributed by atoms with Crippen LogP contribution in [0.1, 0.15) is 75.9 Å². The fourth-order valence-electron chi connectivity index (χ4n) is 2.71. The van der Waals surface area contributed by atoms with E-state index in [4.69, 9.17) is 0 Å². The van der Waals surface area contributed by atoms with Crippen LogP contribution < -0.4 is 0 Å². The van der Waals surface area contributed by atoms with E-state index in [9.17, 15) is 8.78 Å². The van der Waals surface area contributed by atoms with Crippen LogP contribution in [0.2, 0.25) is 0 Å². The third-order valence-electron chi connectivity index (χ3n) is 3.76. The molecule has 0 radical (unpaired) electrons. The Hall–Kier alpha value is -0.990. The summed E-state index contributed by atoms with van der Waals surface area (Å²) in [4.78, 5) is 4.69. The molecule has 0 aromatic carbocycles. The van der Waals surface area contributed by atoms with Crippen LogP contribution in [-0.2, 0) is 17.8 Å². The number of aromatic nitrogens is 1. The smallest absolute Gasteiger partial charge is 0.257 e. The van der Waals surface area contributed by atoms with Crippen LogP contribution in [0.3, 0.4) is 0 Å². The molecule has 3 heteroatoms. The summed E-state index contributed by atoms with van der Waals surface area (Å²) in [5.41, 5.74) is 2.46. The van der Waals surface area contributed by atoms with Gasteiger partial charge in [-0.05, 0) is 30.4 Å². The Morgan fingerprint density at radius 1 is 1.26 bits per heavy atom. The second kappa shape index (κ2) is 4.53. The molecule has 0 aliphatic heterocycles. The Balaban J connectivity index is 2.71. The lowest BCUT2D eigenvalue weighted by molar-refractivity contribution is -0.0222. The number of nitrogens with zero attached hydrogens (tertiary/aromatic N) is 1. The minimum Gasteiger partial charge on any atom is -0.257 e. The average molecular weight is 267 g/mol. The molecule has 0 amide bonds. The highest BCUT2D eigenvalue weighted by molar-refractivity contribution is 5.41. The van der Waals surface area contributed by atoms with Gasteiger partial charge in [-0.15, -0.1) is 0 Å². The van der Waals surface area contributed by atoms with Gasteiger partial charge >= 0.3 is 0 Å². The Morgan fingerprint density at radius 2 is 1.89 bits per heavy atom. The van der Waals surface area contributed by atoms with Gasteiger partial charge in [0, 0.05) is 28.8 Å². The lowest BCUT2D eigenvalue weighted by Crippen LogP contribution is -2.27. The highest BCUT2D eigenvalue weighted by Gasteiger charge is 2.39. The van der Waals surface area contributed by atoms with Gasteiger partial charge in [0.25, 0.3) is 5.92 Å². The quantitative estimate of drug-likeness (QED) is 0.703. The van der Waals surface area contributed by atoms with E-state index in [1.165, 1.54) is 0 Å². The van der Waals surface area contributed by atoms with Gasteiger partial charge in [0.05, 0.1) is 0 Å². The first-order chi connectivity index (χ1) is 8.63. The summed E-state index contributed by atoms with van der Waals surface area (Å²) in [7, 11) is 0. The van der Waals surface area contributed by atoms with Crippen LogP contribution >= 0.6 is 0 Å². The minimum atomic E-state index is -2.69. The van der Waals surface area contributed by atoms with Gasteiger partial charge in [0.1, 0.15) is 0 Å². The van der Waals surface area contributed by atoms with Crippen molar-refractivity contribution in [2.75, 3.05) is 0 Å². The summed E-state index contributed by atoms with van der Waals surface area (Å²) in [6.45, 7) is 10.1. The molecule has 1 aliphatic rings. The molecule has 106 valence electrons. The van der Waals surface area contributed by atoms with E-state index in [2.05, 4.69) is 4.98 Å². The highest BCUT2D eigenvalue weighted by Crippen LogP contribution is 2.43. The predicted molar refractivity (Wildman–Crippen MR) is 73.9 cm³/mol. The van der Waals surface area contributed by atoms with E-state index in [1.54, 1.807) is 6.07 Å². The van der Waals surface area contributed by atoms with Crippen molar-refractivity contribution in [1.82, 2.24) is 4.98 Å². The fourth-order valence-corrected chi connectivity index (χ4v) is 2.71. The van der Waals surface area contributed by atoms with Crippen LogP contribution in [0.5, 0.6) is 0 Å². The van der Waals surface area contributed by atoms with E-state index >= 15 is 0 Å². The number of rotatable bonds is 1. The first-order valence-corrected chi connectivity index (χ1v) is 7.05. The van der Waals surface area contributed by atoms with Gasteiger partial charge in [-0.1, -0.05) is 34.6 Å². The Kier molecular flexibility index (Phi) is 3.44. The van der Waals surface area contributed by atoms with Crippen LogP contribution in [-0.4, -0.2) is 4.98 Å². The molecule has 1 aliphatic carbocycles. The van der Waals surface area contributed by atoms with Crippen molar-refractivity contribution in [3.63, 3.8) is 0 Å². The van der Waals surface area contributed by atoms with E-state index < -0.39 is 5.92 Å². The second-order valence-electron chi connectivity index (χ2n) is 6.88.